The molecule has 1 heterocycles. The number of carbonyl (C=O) groups is 2. The molecule has 5 N–H and O–H groups in total. The van der Waals surface area contributed by atoms with Crippen LogP contribution in [0.1, 0.15) is 27.4 Å². The van der Waals surface area contributed by atoms with Crippen LogP contribution in [0.2, 0.25) is 0 Å². The fraction of sp³-hybridized carbons (Fsp3) is 0.150. The molecule has 0 aliphatic rings. The molecule has 31 heavy (non-hydrogen) atoms. The summed E-state index contributed by atoms with van der Waals surface area (Å²) in [6.45, 7) is 0. The van der Waals surface area contributed by atoms with E-state index < -0.39 is 23.7 Å². The number of aromatic amines is 1. The van der Waals surface area contributed by atoms with E-state index in [1.54, 1.807) is 19.2 Å². The fourth-order valence-electron chi connectivity index (χ4n) is 2.73. The molecule has 3 amide bonds. The van der Waals surface area contributed by atoms with Crippen LogP contribution in [0.5, 0.6) is 5.75 Å². The molecule has 0 fully saturated rings. The number of benzene rings is 2. The first-order valence-electron chi connectivity index (χ1n) is 8.92. The molecule has 1 aromatic heterocycles. The van der Waals surface area contributed by atoms with Gasteiger partial charge in [-0.15, -0.1) is 0 Å². The largest absolute Gasteiger partial charge is 0.497 e. The summed E-state index contributed by atoms with van der Waals surface area (Å²) in [5.74, 6) is 0.176. The van der Waals surface area contributed by atoms with Crippen LogP contribution < -0.4 is 21.1 Å². The number of ether oxygens (including phenoxy) is 1. The maximum Gasteiger partial charge on any atom is 0.416 e. The zero-order valence-electron chi connectivity index (χ0n) is 16.2. The average Bonchev–Trinajstić information content (AvgIpc) is 3.10. The Kier molecular flexibility index (Phi) is 6.14. The average molecular weight is 433 g/mol. The number of H-pyrrole nitrogens is 1. The first-order valence-corrected chi connectivity index (χ1v) is 8.92. The van der Waals surface area contributed by atoms with Crippen LogP contribution in [0.15, 0.2) is 48.5 Å². The van der Waals surface area contributed by atoms with Gasteiger partial charge in [-0.05, 0) is 42.0 Å². The van der Waals surface area contributed by atoms with Gasteiger partial charge in [0.1, 0.15) is 17.4 Å². The number of hydrogen-bond donors (Lipinski definition) is 4. The monoisotopic (exact) mass is 433 g/mol. The van der Waals surface area contributed by atoms with E-state index in [0.717, 1.165) is 29.8 Å². The van der Waals surface area contributed by atoms with E-state index in [2.05, 4.69) is 20.6 Å². The van der Waals surface area contributed by atoms with Crippen molar-refractivity contribution in [2.45, 2.75) is 12.6 Å². The molecule has 0 spiro atoms. The van der Waals surface area contributed by atoms with Crippen molar-refractivity contribution in [3.8, 4) is 5.75 Å². The van der Waals surface area contributed by atoms with Gasteiger partial charge in [0, 0.05) is 12.1 Å². The first-order chi connectivity index (χ1) is 14.7. The van der Waals surface area contributed by atoms with Crippen molar-refractivity contribution in [3.63, 3.8) is 0 Å². The molecule has 3 rings (SSSR count). The summed E-state index contributed by atoms with van der Waals surface area (Å²) in [6, 6.07) is 10.3. The van der Waals surface area contributed by atoms with E-state index in [9.17, 15) is 22.8 Å². The Balaban J connectivity index is 1.71. The van der Waals surface area contributed by atoms with Crippen molar-refractivity contribution in [3.05, 3.63) is 71.2 Å². The fourth-order valence-corrected chi connectivity index (χ4v) is 2.73. The third kappa shape index (κ3) is 5.53. The van der Waals surface area contributed by atoms with Crippen molar-refractivity contribution in [2.75, 3.05) is 17.7 Å². The van der Waals surface area contributed by atoms with Gasteiger partial charge in [0.2, 0.25) is 0 Å². The van der Waals surface area contributed by atoms with Gasteiger partial charge < -0.3 is 20.8 Å². The highest BCUT2D eigenvalue weighted by Crippen LogP contribution is 2.29. The molecule has 0 saturated carbocycles. The minimum atomic E-state index is -4.48. The number of primary amides is 1. The number of imidazole rings is 1. The van der Waals surface area contributed by atoms with Crippen LogP contribution in [0.25, 0.3) is 0 Å². The topological polar surface area (TPSA) is 122 Å². The molecule has 0 atom stereocenters. The number of halogens is 3. The maximum absolute atomic E-state index is 12.6. The number of nitrogens with one attached hydrogen (secondary N) is 3. The van der Waals surface area contributed by atoms with Crippen LogP contribution in [-0.4, -0.2) is 29.0 Å². The number of aromatic nitrogens is 2. The second-order valence-electron chi connectivity index (χ2n) is 6.45. The number of nitrogens with two attached hydrogens (primary N) is 1. The number of nitrogens with zero attached hydrogens (tertiary/aromatic N) is 1. The number of rotatable bonds is 6. The summed E-state index contributed by atoms with van der Waals surface area (Å²) in [4.78, 5) is 30.8. The lowest BCUT2D eigenvalue weighted by Crippen LogP contribution is -2.22. The van der Waals surface area contributed by atoms with Gasteiger partial charge in [-0.1, -0.05) is 12.1 Å². The lowest BCUT2D eigenvalue weighted by molar-refractivity contribution is -0.137. The smallest absolute Gasteiger partial charge is 0.416 e. The predicted molar refractivity (Wildman–Crippen MR) is 107 cm³/mol. The van der Waals surface area contributed by atoms with Crippen molar-refractivity contribution in [1.29, 1.82) is 0 Å². The van der Waals surface area contributed by atoms with E-state index in [-0.39, 0.29) is 17.2 Å². The minimum Gasteiger partial charge on any atom is -0.497 e. The van der Waals surface area contributed by atoms with Gasteiger partial charge >= 0.3 is 12.2 Å². The van der Waals surface area contributed by atoms with Crippen molar-refractivity contribution < 1.29 is 27.5 Å². The molecule has 11 heteroatoms. The lowest BCUT2D eigenvalue weighted by atomic mass is 10.1. The molecular weight excluding hydrogens is 415 g/mol. The highest BCUT2D eigenvalue weighted by molar-refractivity contribution is 6.04. The van der Waals surface area contributed by atoms with E-state index in [0.29, 0.717) is 18.0 Å². The Morgan fingerprint density at radius 2 is 1.71 bits per heavy atom. The van der Waals surface area contributed by atoms with E-state index in [1.165, 1.54) is 0 Å². The zero-order chi connectivity index (χ0) is 22.6. The molecule has 0 bridgehead atoms. The number of alkyl halides is 3. The number of amides is 3. The van der Waals surface area contributed by atoms with E-state index in [1.807, 2.05) is 12.1 Å². The molecule has 0 saturated heterocycles. The van der Waals surface area contributed by atoms with E-state index in [4.69, 9.17) is 10.5 Å². The van der Waals surface area contributed by atoms with Crippen LogP contribution in [0.3, 0.4) is 0 Å². The summed E-state index contributed by atoms with van der Waals surface area (Å²) in [5.41, 5.74) is 5.31. The second kappa shape index (κ2) is 8.78. The highest BCUT2D eigenvalue weighted by atomic mass is 19.4. The first kappa shape index (κ1) is 21.7. The Morgan fingerprint density at radius 3 is 2.26 bits per heavy atom. The third-order valence-corrected chi connectivity index (χ3v) is 4.23. The molecule has 3 aromatic rings. The molecule has 8 nitrogen and oxygen atoms in total. The maximum atomic E-state index is 12.6. The normalized spacial score (nSPS) is 11.1. The molecule has 0 aliphatic carbocycles. The van der Waals surface area contributed by atoms with Crippen molar-refractivity contribution >= 4 is 23.4 Å². The van der Waals surface area contributed by atoms with E-state index >= 15 is 0 Å². The summed E-state index contributed by atoms with van der Waals surface area (Å²) in [7, 11) is 1.55. The van der Waals surface area contributed by atoms with Gasteiger partial charge in [0.05, 0.1) is 12.7 Å². The van der Waals surface area contributed by atoms with Crippen molar-refractivity contribution in [1.82, 2.24) is 9.97 Å². The predicted octanol–water partition coefficient (Wildman–Crippen LogP) is 3.77. The summed E-state index contributed by atoms with van der Waals surface area (Å²) >= 11 is 0. The Labute approximate surface area is 174 Å². The number of carbonyl (C=O) groups excluding carboxylic acids is 2. The van der Waals surface area contributed by atoms with Crippen LogP contribution in [0.4, 0.5) is 29.5 Å². The van der Waals surface area contributed by atoms with Crippen LogP contribution >= 0.6 is 0 Å². The zero-order valence-corrected chi connectivity index (χ0v) is 16.2. The van der Waals surface area contributed by atoms with Gasteiger partial charge in [-0.3, -0.25) is 10.1 Å². The SMILES string of the molecule is COc1ccc(Cc2nc(C(N)=O)c(NC(=O)Nc3ccc(C(F)(F)F)cc3)[nH]2)cc1. The van der Waals surface area contributed by atoms with Crippen molar-refractivity contribution in [2.24, 2.45) is 5.73 Å². The van der Waals surface area contributed by atoms with Gasteiger partial charge in [0.15, 0.2) is 5.69 Å². The molecule has 0 aliphatic heterocycles. The second-order valence-corrected chi connectivity index (χ2v) is 6.45. The van der Waals surface area contributed by atoms with Crippen LogP contribution in [-0.2, 0) is 12.6 Å². The third-order valence-electron chi connectivity index (χ3n) is 4.23. The Morgan fingerprint density at radius 1 is 1.06 bits per heavy atom. The number of urea groups is 1. The minimum absolute atomic E-state index is 0.0274. The summed E-state index contributed by atoms with van der Waals surface area (Å²) in [6.07, 6.45) is -4.15. The van der Waals surface area contributed by atoms with Gasteiger partial charge in [-0.25, -0.2) is 9.78 Å². The van der Waals surface area contributed by atoms with Crippen LogP contribution in [0, 0.1) is 0 Å². The molecular formula is C20H18F3N5O3. The molecule has 0 unspecified atom stereocenters. The summed E-state index contributed by atoms with van der Waals surface area (Å²) < 4.78 is 43.0. The lowest BCUT2D eigenvalue weighted by Gasteiger charge is -2.09. The summed E-state index contributed by atoms with van der Waals surface area (Å²) in [5, 5.41) is 4.77. The molecule has 162 valence electrons. The number of methoxy groups -OCH3 is 1. The highest BCUT2D eigenvalue weighted by Gasteiger charge is 2.30. The number of anilines is 2. The molecule has 2 aromatic carbocycles. The Bertz CT molecular complexity index is 1080. The number of hydrogen-bond acceptors (Lipinski definition) is 4. The van der Waals surface area contributed by atoms with Gasteiger partial charge in [0.25, 0.3) is 5.91 Å². The quantitative estimate of drug-likeness (QED) is 0.473. The van der Waals surface area contributed by atoms with Gasteiger partial charge in [-0.2, -0.15) is 13.2 Å². The molecule has 0 radical (unpaired) electrons. The standard InChI is InChI=1S/C20H18F3N5O3/c1-31-14-8-2-11(3-9-14)10-15-26-16(17(24)29)18(27-15)28-19(30)25-13-6-4-12(5-7-13)20(21,22)23/h2-9H,10H2,1H3,(H2,24,29)(H,26,27)(H2,25,28,30). The Hall–Kier alpha value is -4.02.